The van der Waals surface area contributed by atoms with Crippen molar-refractivity contribution in [2.75, 3.05) is 26.8 Å². The molecule has 2 N–H and O–H groups in total. The summed E-state index contributed by atoms with van der Waals surface area (Å²) in [5.41, 5.74) is 6.82. The van der Waals surface area contributed by atoms with Gasteiger partial charge >= 0.3 is 0 Å². The average Bonchev–Trinajstić information content (AvgIpc) is 3.27. The standard InChI is InChI=1S/C26H28N2O3/c1-3-23(19-6-10-24-20(16-19)12-14-30-24)26(18-4-8-22(29)9-5-18)21-7-11-25(28-17-21)31-15-13-27-2/h4-11,16-17,27,29H,3,12-15H2,1-2H3/b26-23+. The Bertz CT molecular complexity index is 1060. The molecule has 3 aromatic rings. The third kappa shape index (κ3) is 4.72. The summed E-state index contributed by atoms with van der Waals surface area (Å²) in [5.74, 6) is 1.84. The molecule has 0 aliphatic carbocycles. The summed E-state index contributed by atoms with van der Waals surface area (Å²) in [7, 11) is 1.89. The monoisotopic (exact) mass is 416 g/mol. The van der Waals surface area contributed by atoms with Gasteiger partial charge in [0.15, 0.2) is 0 Å². The van der Waals surface area contributed by atoms with Gasteiger partial charge in [-0.3, -0.25) is 0 Å². The first-order valence-electron chi connectivity index (χ1n) is 10.7. The quantitative estimate of drug-likeness (QED) is 0.412. The Morgan fingerprint density at radius 1 is 1.06 bits per heavy atom. The smallest absolute Gasteiger partial charge is 0.213 e. The van der Waals surface area contributed by atoms with Crippen LogP contribution in [0.25, 0.3) is 11.1 Å². The molecule has 2 aromatic carbocycles. The van der Waals surface area contributed by atoms with E-state index in [2.05, 4.69) is 41.5 Å². The minimum atomic E-state index is 0.252. The highest BCUT2D eigenvalue weighted by atomic mass is 16.5. The molecule has 5 heteroatoms. The van der Waals surface area contributed by atoms with Crippen molar-refractivity contribution in [3.63, 3.8) is 0 Å². The first-order valence-corrected chi connectivity index (χ1v) is 10.7. The van der Waals surface area contributed by atoms with Crippen molar-refractivity contribution < 1.29 is 14.6 Å². The molecule has 1 aliphatic rings. The summed E-state index contributed by atoms with van der Waals surface area (Å²) in [6.07, 6.45) is 3.66. The molecule has 0 atom stereocenters. The fourth-order valence-corrected chi connectivity index (χ4v) is 3.91. The summed E-state index contributed by atoms with van der Waals surface area (Å²) in [4.78, 5) is 4.53. The van der Waals surface area contributed by atoms with Gasteiger partial charge in [0, 0.05) is 30.8 Å². The molecule has 1 aliphatic heterocycles. The van der Waals surface area contributed by atoms with E-state index in [0.29, 0.717) is 12.5 Å². The predicted octanol–water partition coefficient (Wildman–Crippen LogP) is 4.69. The van der Waals surface area contributed by atoms with Crippen LogP contribution in [0.3, 0.4) is 0 Å². The van der Waals surface area contributed by atoms with Crippen LogP contribution in [0.2, 0.25) is 0 Å². The number of ether oxygens (including phenoxy) is 2. The van der Waals surface area contributed by atoms with Crippen LogP contribution in [0.1, 0.15) is 35.6 Å². The molecule has 0 spiro atoms. The molecule has 5 nitrogen and oxygen atoms in total. The maximum absolute atomic E-state index is 9.80. The van der Waals surface area contributed by atoms with Crippen molar-refractivity contribution in [1.29, 1.82) is 0 Å². The Morgan fingerprint density at radius 2 is 1.84 bits per heavy atom. The zero-order valence-corrected chi connectivity index (χ0v) is 18.0. The van der Waals surface area contributed by atoms with Crippen LogP contribution in [-0.4, -0.2) is 36.9 Å². The number of nitrogens with one attached hydrogen (secondary N) is 1. The fourth-order valence-electron chi connectivity index (χ4n) is 3.91. The number of aromatic hydroxyl groups is 1. The molecule has 0 saturated heterocycles. The van der Waals surface area contributed by atoms with Crippen molar-refractivity contribution in [1.82, 2.24) is 10.3 Å². The molecule has 4 rings (SSSR count). The molecular formula is C26H28N2O3. The van der Waals surface area contributed by atoms with E-state index in [1.54, 1.807) is 12.1 Å². The SMILES string of the molecule is CC/C(=C(/c1ccc(O)cc1)c1ccc(OCCNC)nc1)c1ccc2c(c1)CCO2. The van der Waals surface area contributed by atoms with Crippen LogP contribution in [0, 0.1) is 0 Å². The second kappa shape index (κ2) is 9.67. The number of rotatable bonds is 8. The van der Waals surface area contributed by atoms with Crippen molar-refractivity contribution in [2.24, 2.45) is 0 Å². The van der Waals surface area contributed by atoms with Gasteiger partial charge in [-0.05, 0) is 71.6 Å². The van der Waals surface area contributed by atoms with Gasteiger partial charge < -0.3 is 19.9 Å². The van der Waals surface area contributed by atoms with E-state index in [-0.39, 0.29) is 5.75 Å². The van der Waals surface area contributed by atoms with Crippen LogP contribution in [0.15, 0.2) is 60.8 Å². The lowest BCUT2D eigenvalue weighted by atomic mass is 9.88. The summed E-state index contributed by atoms with van der Waals surface area (Å²) >= 11 is 0. The van der Waals surface area contributed by atoms with E-state index in [1.165, 1.54) is 16.7 Å². The highest BCUT2D eigenvalue weighted by Crippen LogP contribution is 2.37. The Morgan fingerprint density at radius 3 is 2.55 bits per heavy atom. The molecule has 31 heavy (non-hydrogen) atoms. The number of aromatic nitrogens is 1. The van der Waals surface area contributed by atoms with Crippen molar-refractivity contribution in [3.05, 3.63) is 83.0 Å². The van der Waals surface area contributed by atoms with Gasteiger partial charge in [-0.1, -0.05) is 25.1 Å². The van der Waals surface area contributed by atoms with Crippen LogP contribution in [0.5, 0.6) is 17.4 Å². The molecule has 0 fully saturated rings. The summed E-state index contributed by atoms with van der Waals surface area (Å²) in [6, 6.07) is 17.8. The van der Waals surface area contributed by atoms with E-state index in [1.807, 2.05) is 31.4 Å². The first kappa shape index (κ1) is 20.9. The number of fused-ring (bicyclic) bond motifs is 1. The zero-order chi connectivity index (χ0) is 21.6. The highest BCUT2D eigenvalue weighted by molar-refractivity contribution is 5.98. The first-order chi connectivity index (χ1) is 15.2. The maximum Gasteiger partial charge on any atom is 0.213 e. The number of phenols is 1. The molecule has 0 amide bonds. The molecule has 0 bridgehead atoms. The molecule has 0 saturated carbocycles. The molecule has 0 radical (unpaired) electrons. The van der Waals surface area contributed by atoms with Gasteiger partial charge in [0.2, 0.25) is 5.88 Å². The van der Waals surface area contributed by atoms with Crippen LogP contribution in [0.4, 0.5) is 0 Å². The Labute approximate surface area is 183 Å². The maximum atomic E-state index is 9.80. The average molecular weight is 417 g/mol. The van der Waals surface area contributed by atoms with Gasteiger partial charge in [-0.2, -0.15) is 0 Å². The van der Waals surface area contributed by atoms with E-state index in [4.69, 9.17) is 9.47 Å². The molecular weight excluding hydrogens is 388 g/mol. The van der Waals surface area contributed by atoms with E-state index in [9.17, 15) is 5.11 Å². The number of benzene rings is 2. The van der Waals surface area contributed by atoms with E-state index >= 15 is 0 Å². The number of hydrogen-bond acceptors (Lipinski definition) is 5. The lowest BCUT2D eigenvalue weighted by molar-refractivity contribution is 0.306. The van der Waals surface area contributed by atoms with Crippen molar-refractivity contribution in [2.45, 2.75) is 19.8 Å². The number of likely N-dealkylation sites (N-methyl/N-ethyl adjacent to an activating group) is 1. The fraction of sp³-hybridized carbons (Fsp3) is 0.269. The molecule has 2 heterocycles. The van der Waals surface area contributed by atoms with Crippen molar-refractivity contribution in [3.8, 4) is 17.4 Å². The van der Waals surface area contributed by atoms with Gasteiger partial charge in [-0.25, -0.2) is 4.98 Å². The molecule has 160 valence electrons. The van der Waals surface area contributed by atoms with Gasteiger partial charge in [-0.15, -0.1) is 0 Å². The largest absolute Gasteiger partial charge is 0.508 e. The number of nitrogens with zero attached hydrogens (tertiary/aromatic N) is 1. The number of pyridine rings is 1. The van der Waals surface area contributed by atoms with Crippen LogP contribution >= 0.6 is 0 Å². The number of hydrogen-bond donors (Lipinski definition) is 2. The van der Waals surface area contributed by atoms with E-state index in [0.717, 1.165) is 48.4 Å². The second-order valence-corrected chi connectivity index (χ2v) is 7.51. The Balaban J connectivity index is 1.79. The Hall–Kier alpha value is -3.31. The summed E-state index contributed by atoms with van der Waals surface area (Å²) in [6.45, 7) is 4.25. The van der Waals surface area contributed by atoms with Gasteiger partial charge in [0.05, 0.1) is 6.61 Å². The zero-order valence-electron chi connectivity index (χ0n) is 18.0. The normalized spacial score (nSPS) is 13.4. The number of phenolic OH excluding ortho intramolecular Hbond substituents is 1. The lowest BCUT2D eigenvalue weighted by Crippen LogP contribution is -2.16. The Kier molecular flexibility index (Phi) is 6.53. The topological polar surface area (TPSA) is 63.6 Å². The van der Waals surface area contributed by atoms with E-state index < -0.39 is 0 Å². The number of allylic oxidation sites excluding steroid dienone is 1. The molecule has 0 unspecified atom stereocenters. The summed E-state index contributed by atoms with van der Waals surface area (Å²) in [5, 5.41) is 12.9. The second-order valence-electron chi connectivity index (χ2n) is 7.51. The van der Waals surface area contributed by atoms with Crippen LogP contribution < -0.4 is 14.8 Å². The van der Waals surface area contributed by atoms with Crippen LogP contribution in [-0.2, 0) is 6.42 Å². The highest BCUT2D eigenvalue weighted by Gasteiger charge is 2.17. The van der Waals surface area contributed by atoms with Crippen molar-refractivity contribution >= 4 is 11.1 Å². The summed E-state index contributed by atoms with van der Waals surface area (Å²) < 4.78 is 11.4. The third-order valence-corrected chi connectivity index (χ3v) is 5.48. The lowest BCUT2D eigenvalue weighted by Gasteiger charge is -2.17. The third-order valence-electron chi connectivity index (χ3n) is 5.48. The van der Waals surface area contributed by atoms with Gasteiger partial charge in [0.25, 0.3) is 0 Å². The predicted molar refractivity (Wildman–Crippen MR) is 124 cm³/mol. The van der Waals surface area contributed by atoms with Gasteiger partial charge in [0.1, 0.15) is 18.1 Å². The minimum Gasteiger partial charge on any atom is -0.508 e. The molecule has 1 aromatic heterocycles. The minimum absolute atomic E-state index is 0.252.